The van der Waals surface area contributed by atoms with Crippen LogP contribution in [0.1, 0.15) is 56.2 Å². The molecule has 2 saturated heterocycles. The van der Waals surface area contributed by atoms with Crippen LogP contribution in [0.25, 0.3) is 0 Å². The Morgan fingerprint density at radius 3 is 2.72 bits per heavy atom. The number of likely N-dealkylation sites (tertiary alicyclic amines) is 1. The third-order valence-corrected chi connectivity index (χ3v) is 8.29. The zero-order chi connectivity index (χ0) is 22.5. The molecule has 6 nitrogen and oxygen atoms in total. The van der Waals surface area contributed by atoms with Crippen LogP contribution < -0.4 is 4.74 Å². The van der Waals surface area contributed by atoms with Gasteiger partial charge in [0.05, 0.1) is 31.3 Å². The fraction of sp³-hybridized carbons (Fsp3) is 0.640. The third kappa shape index (κ3) is 3.96. The van der Waals surface area contributed by atoms with Gasteiger partial charge in [0.25, 0.3) is 0 Å². The normalized spacial score (nSPS) is 26.4. The minimum atomic E-state index is -0.264. The predicted molar refractivity (Wildman–Crippen MR) is 124 cm³/mol. The minimum Gasteiger partial charge on any atom is -0.487 e. The average Bonchev–Trinajstić information content (AvgIpc) is 3.13. The van der Waals surface area contributed by atoms with Gasteiger partial charge in [-0.25, -0.2) is 4.98 Å². The Balaban J connectivity index is 1.23. The van der Waals surface area contributed by atoms with Gasteiger partial charge >= 0.3 is 0 Å². The van der Waals surface area contributed by atoms with Crippen LogP contribution in [0.2, 0.25) is 5.02 Å². The molecule has 1 spiro atoms. The van der Waals surface area contributed by atoms with Gasteiger partial charge in [0.15, 0.2) is 0 Å². The first-order chi connectivity index (χ1) is 15.3. The van der Waals surface area contributed by atoms with E-state index in [1.807, 2.05) is 31.5 Å². The molecule has 1 aromatic carbocycles. The Labute approximate surface area is 195 Å². The summed E-state index contributed by atoms with van der Waals surface area (Å²) in [6, 6.07) is 5.89. The molecule has 1 N–H and O–H groups in total. The summed E-state index contributed by atoms with van der Waals surface area (Å²) in [6.45, 7) is 11.3. The number of aliphatic hydroxyl groups is 1. The van der Waals surface area contributed by atoms with E-state index in [0.29, 0.717) is 5.92 Å². The molecule has 3 aliphatic heterocycles. The SMILES string of the molecule is Cc1c(CO)ncn1CCN1CCC2(CC1)COC1c3cc(Cl)ccc3OC(C)(C)C1C2. The van der Waals surface area contributed by atoms with Crippen molar-refractivity contribution in [2.75, 3.05) is 26.2 Å². The molecule has 2 fully saturated rings. The first kappa shape index (κ1) is 22.2. The quantitative estimate of drug-likeness (QED) is 0.735. The molecular formula is C25H34ClN3O3. The highest BCUT2D eigenvalue weighted by atomic mass is 35.5. The highest BCUT2D eigenvalue weighted by Crippen LogP contribution is 2.55. The highest BCUT2D eigenvalue weighted by molar-refractivity contribution is 6.30. The summed E-state index contributed by atoms with van der Waals surface area (Å²) in [5, 5.41) is 10.1. The second-order valence-electron chi connectivity index (χ2n) is 10.4. The number of nitrogens with zero attached hydrogens (tertiary/aromatic N) is 3. The molecule has 2 unspecified atom stereocenters. The molecule has 3 aliphatic rings. The number of rotatable bonds is 4. The molecule has 174 valence electrons. The van der Waals surface area contributed by atoms with E-state index in [1.54, 1.807) is 0 Å². The summed E-state index contributed by atoms with van der Waals surface area (Å²) in [7, 11) is 0. The van der Waals surface area contributed by atoms with E-state index in [2.05, 4.69) is 28.3 Å². The zero-order valence-corrected chi connectivity index (χ0v) is 20.1. The van der Waals surface area contributed by atoms with Crippen molar-refractivity contribution in [2.45, 2.75) is 64.9 Å². The summed E-state index contributed by atoms with van der Waals surface area (Å²) in [5.74, 6) is 1.23. The van der Waals surface area contributed by atoms with E-state index >= 15 is 0 Å². The monoisotopic (exact) mass is 459 g/mol. The van der Waals surface area contributed by atoms with Gasteiger partial charge in [-0.15, -0.1) is 0 Å². The summed E-state index contributed by atoms with van der Waals surface area (Å²) < 4.78 is 15.2. The second-order valence-corrected chi connectivity index (χ2v) is 10.8. The topological polar surface area (TPSA) is 59.8 Å². The maximum Gasteiger partial charge on any atom is 0.126 e. The number of aliphatic hydroxyl groups excluding tert-OH is 1. The number of hydrogen-bond donors (Lipinski definition) is 1. The van der Waals surface area contributed by atoms with Crippen LogP contribution in [0.3, 0.4) is 0 Å². The summed E-state index contributed by atoms with van der Waals surface area (Å²) in [5.41, 5.74) is 2.90. The smallest absolute Gasteiger partial charge is 0.126 e. The lowest BCUT2D eigenvalue weighted by Crippen LogP contribution is -2.54. The van der Waals surface area contributed by atoms with E-state index in [0.717, 1.165) is 79.8 Å². The van der Waals surface area contributed by atoms with Gasteiger partial charge in [0.2, 0.25) is 0 Å². The van der Waals surface area contributed by atoms with Crippen molar-refractivity contribution in [1.82, 2.24) is 14.5 Å². The van der Waals surface area contributed by atoms with Crippen molar-refractivity contribution in [2.24, 2.45) is 11.3 Å². The van der Waals surface area contributed by atoms with E-state index in [-0.39, 0.29) is 23.7 Å². The Morgan fingerprint density at radius 2 is 2.00 bits per heavy atom. The maximum absolute atomic E-state index is 9.36. The fourth-order valence-corrected chi connectivity index (χ4v) is 6.02. The van der Waals surface area contributed by atoms with Crippen molar-refractivity contribution in [1.29, 1.82) is 0 Å². The Hall–Kier alpha value is -1.60. The highest BCUT2D eigenvalue weighted by Gasteiger charge is 2.52. The Kier molecular flexibility index (Phi) is 5.77. The molecule has 0 amide bonds. The van der Waals surface area contributed by atoms with Crippen molar-refractivity contribution in [3.05, 3.63) is 46.5 Å². The van der Waals surface area contributed by atoms with Gasteiger partial charge < -0.3 is 24.0 Å². The molecular weight excluding hydrogens is 426 g/mol. The van der Waals surface area contributed by atoms with Crippen LogP contribution >= 0.6 is 11.6 Å². The van der Waals surface area contributed by atoms with Gasteiger partial charge in [0, 0.05) is 35.3 Å². The molecule has 32 heavy (non-hydrogen) atoms. The maximum atomic E-state index is 9.36. The van der Waals surface area contributed by atoms with E-state index in [4.69, 9.17) is 21.1 Å². The van der Waals surface area contributed by atoms with Crippen molar-refractivity contribution < 1.29 is 14.6 Å². The first-order valence-corrected chi connectivity index (χ1v) is 12.1. The van der Waals surface area contributed by atoms with Crippen LogP contribution in [0.15, 0.2) is 24.5 Å². The lowest BCUT2D eigenvalue weighted by molar-refractivity contribution is -0.174. The van der Waals surface area contributed by atoms with Crippen LogP contribution in [0.5, 0.6) is 5.75 Å². The van der Waals surface area contributed by atoms with Gasteiger partial charge in [-0.1, -0.05) is 11.6 Å². The van der Waals surface area contributed by atoms with E-state index in [1.165, 1.54) is 0 Å². The molecule has 2 atom stereocenters. The number of imidazole rings is 1. The fourth-order valence-electron chi connectivity index (χ4n) is 5.84. The first-order valence-electron chi connectivity index (χ1n) is 11.7. The van der Waals surface area contributed by atoms with Crippen LogP contribution in [0.4, 0.5) is 0 Å². The number of ether oxygens (including phenoxy) is 2. The van der Waals surface area contributed by atoms with Gasteiger partial charge in [-0.05, 0) is 76.7 Å². The summed E-state index contributed by atoms with van der Waals surface area (Å²) >= 11 is 6.30. The molecule has 0 aliphatic carbocycles. The van der Waals surface area contributed by atoms with Crippen molar-refractivity contribution in [3.8, 4) is 5.75 Å². The molecule has 7 heteroatoms. The molecule has 1 aromatic heterocycles. The minimum absolute atomic E-state index is 0.00394. The lowest BCUT2D eigenvalue weighted by Gasteiger charge is -2.54. The number of aromatic nitrogens is 2. The van der Waals surface area contributed by atoms with E-state index in [9.17, 15) is 5.11 Å². The number of halogens is 1. The number of benzene rings is 1. The number of piperidine rings is 1. The van der Waals surface area contributed by atoms with Crippen LogP contribution in [-0.2, 0) is 17.9 Å². The van der Waals surface area contributed by atoms with Crippen molar-refractivity contribution in [3.63, 3.8) is 0 Å². The Bertz CT molecular complexity index is 981. The largest absolute Gasteiger partial charge is 0.487 e. The summed E-state index contributed by atoms with van der Waals surface area (Å²) in [6.07, 6.45) is 5.33. The molecule has 0 saturated carbocycles. The number of hydrogen-bond acceptors (Lipinski definition) is 5. The molecule has 0 radical (unpaired) electrons. The lowest BCUT2D eigenvalue weighted by atomic mass is 9.64. The van der Waals surface area contributed by atoms with Crippen LogP contribution in [-0.4, -0.2) is 51.4 Å². The molecule has 2 aromatic rings. The molecule has 0 bridgehead atoms. The molecule has 5 rings (SSSR count). The van der Waals surface area contributed by atoms with Gasteiger partial charge in [-0.2, -0.15) is 0 Å². The zero-order valence-electron chi connectivity index (χ0n) is 19.3. The van der Waals surface area contributed by atoms with E-state index < -0.39 is 0 Å². The predicted octanol–water partition coefficient (Wildman–Crippen LogP) is 4.37. The summed E-state index contributed by atoms with van der Waals surface area (Å²) in [4.78, 5) is 6.85. The number of fused-ring (bicyclic) bond motifs is 3. The Morgan fingerprint density at radius 1 is 1.22 bits per heavy atom. The van der Waals surface area contributed by atoms with Crippen molar-refractivity contribution >= 4 is 11.6 Å². The second kappa shape index (κ2) is 8.32. The van der Waals surface area contributed by atoms with Gasteiger partial charge in [0.1, 0.15) is 11.4 Å². The molecule has 4 heterocycles. The standard InChI is InChI=1S/C25H34ClN3O3/c1-17-21(14-30)27-16-29(17)11-10-28-8-6-25(7-9-28)13-20-23(31-15-25)19-12-18(26)4-5-22(19)32-24(20,2)3/h4-5,12,16,20,23,30H,6-11,13-15H2,1-3H3. The average molecular weight is 460 g/mol. The third-order valence-electron chi connectivity index (χ3n) is 8.06. The van der Waals surface area contributed by atoms with Crippen LogP contribution in [0, 0.1) is 18.3 Å². The van der Waals surface area contributed by atoms with Gasteiger partial charge in [-0.3, -0.25) is 0 Å².